The number of nitriles is 1. The van der Waals surface area contributed by atoms with Gasteiger partial charge in [-0.15, -0.1) is 0 Å². The first-order valence-corrected chi connectivity index (χ1v) is 5.14. The third kappa shape index (κ3) is 2.33. The lowest BCUT2D eigenvalue weighted by atomic mass is 10.1. The maximum atomic E-state index is 12.5. The molecule has 7 heteroatoms. The average Bonchev–Trinajstić information content (AvgIpc) is 2.26. The van der Waals surface area contributed by atoms with Crippen molar-refractivity contribution in [1.82, 2.24) is 4.98 Å². The van der Waals surface area contributed by atoms with Crippen molar-refractivity contribution in [2.24, 2.45) is 0 Å². The summed E-state index contributed by atoms with van der Waals surface area (Å²) in [6.07, 6.45) is -2.93. The Morgan fingerprint density at radius 3 is 2.69 bits per heavy atom. The molecule has 0 atom stereocenters. The molecule has 0 radical (unpaired) electrons. The highest BCUT2D eigenvalue weighted by Crippen LogP contribution is 2.24. The number of halogens is 3. The molecule has 0 bridgehead atoms. The van der Waals surface area contributed by atoms with Gasteiger partial charge in [0.15, 0.2) is 0 Å². The second-order valence-electron chi connectivity index (χ2n) is 2.77. The van der Waals surface area contributed by atoms with Gasteiger partial charge in [-0.25, -0.2) is 18.6 Å². The average molecular weight is 291 g/mol. The second kappa shape index (κ2) is 4.99. The van der Waals surface area contributed by atoms with E-state index in [-0.39, 0.29) is 16.6 Å². The number of nitrogens with zero attached hydrogens (tertiary/aromatic N) is 2. The molecule has 0 saturated carbocycles. The fourth-order valence-corrected chi connectivity index (χ4v) is 1.54. The van der Waals surface area contributed by atoms with Gasteiger partial charge in [-0.05, 0) is 6.07 Å². The van der Waals surface area contributed by atoms with Crippen LogP contribution in [0.1, 0.15) is 33.7 Å². The molecule has 0 fully saturated rings. The molecule has 1 aromatic heterocycles. The smallest absolute Gasteiger partial charge is 0.337 e. The quantitative estimate of drug-likeness (QED) is 0.868. The van der Waals surface area contributed by atoms with Gasteiger partial charge in [-0.2, -0.15) is 5.26 Å². The zero-order chi connectivity index (χ0) is 12.3. The van der Waals surface area contributed by atoms with Gasteiger partial charge < -0.3 is 5.11 Å². The van der Waals surface area contributed by atoms with E-state index < -0.39 is 23.7 Å². The van der Waals surface area contributed by atoms with E-state index in [4.69, 9.17) is 10.4 Å². The molecule has 0 saturated heterocycles. The summed E-state index contributed by atoms with van der Waals surface area (Å²) in [6.45, 7) is 0. The topological polar surface area (TPSA) is 74.0 Å². The van der Waals surface area contributed by atoms with E-state index in [2.05, 4.69) is 20.9 Å². The van der Waals surface area contributed by atoms with Crippen LogP contribution in [-0.4, -0.2) is 16.1 Å². The van der Waals surface area contributed by atoms with Gasteiger partial charge in [0.25, 0.3) is 6.43 Å². The molecule has 16 heavy (non-hydrogen) atoms. The number of alkyl halides is 3. The number of carboxylic acid groups (broad SMARTS) is 1. The summed E-state index contributed by atoms with van der Waals surface area (Å²) in [5.74, 6) is -1.35. The Labute approximate surface area is 97.7 Å². The van der Waals surface area contributed by atoms with Crippen LogP contribution in [0.4, 0.5) is 8.78 Å². The number of carbonyl (C=O) groups is 1. The summed E-state index contributed by atoms with van der Waals surface area (Å²) in [7, 11) is 0. The lowest BCUT2D eigenvalue weighted by molar-refractivity contribution is 0.0695. The Hall–Kier alpha value is -1.55. The first kappa shape index (κ1) is 12.5. The van der Waals surface area contributed by atoms with E-state index in [1.54, 1.807) is 0 Å². The van der Waals surface area contributed by atoms with Crippen molar-refractivity contribution >= 4 is 21.9 Å². The number of hydrogen-bond acceptors (Lipinski definition) is 3. The highest BCUT2D eigenvalue weighted by molar-refractivity contribution is 9.08. The van der Waals surface area contributed by atoms with Crippen LogP contribution in [0.2, 0.25) is 0 Å². The zero-order valence-electron chi connectivity index (χ0n) is 7.75. The maximum Gasteiger partial charge on any atom is 0.337 e. The maximum absolute atomic E-state index is 12.5. The zero-order valence-corrected chi connectivity index (χ0v) is 9.33. The monoisotopic (exact) mass is 290 g/mol. The number of hydrogen-bond donors (Lipinski definition) is 1. The lowest BCUT2D eigenvalue weighted by Crippen LogP contribution is -2.08. The largest absolute Gasteiger partial charge is 0.478 e. The van der Waals surface area contributed by atoms with Crippen molar-refractivity contribution in [1.29, 1.82) is 5.26 Å². The van der Waals surface area contributed by atoms with Gasteiger partial charge >= 0.3 is 5.97 Å². The van der Waals surface area contributed by atoms with E-state index in [1.807, 2.05) is 0 Å². The molecular weight excluding hydrogens is 286 g/mol. The molecule has 0 aromatic carbocycles. The van der Waals surface area contributed by atoms with Gasteiger partial charge in [-0.3, -0.25) is 0 Å². The molecule has 0 spiro atoms. The van der Waals surface area contributed by atoms with Gasteiger partial charge in [0.05, 0.1) is 16.8 Å². The minimum absolute atomic E-state index is 0.0495. The molecule has 4 nitrogen and oxygen atoms in total. The summed E-state index contributed by atoms with van der Waals surface area (Å²) in [5, 5.41) is 17.5. The fraction of sp³-hybridized carbons (Fsp3) is 0.222. The predicted molar refractivity (Wildman–Crippen MR) is 53.5 cm³/mol. The van der Waals surface area contributed by atoms with Gasteiger partial charge in [0, 0.05) is 5.33 Å². The first-order valence-electron chi connectivity index (χ1n) is 4.02. The van der Waals surface area contributed by atoms with E-state index >= 15 is 0 Å². The number of pyridine rings is 1. The molecule has 1 heterocycles. The second-order valence-corrected chi connectivity index (χ2v) is 3.33. The molecule has 0 aliphatic carbocycles. The summed E-state index contributed by atoms with van der Waals surface area (Å²) in [4.78, 5) is 14.3. The molecule has 1 aromatic rings. The van der Waals surface area contributed by atoms with Crippen LogP contribution in [0.15, 0.2) is 6.07 Å². The summed E-state index contributed by atoms with van der Waals surface area (Å²) in [6, 6.07) is 2.30. The van der Waals surface area contributed by atoms with Crippen molar-refractivity contribution in [2.45, 2.75) is 11.8 Å². The van der Waals surface area contributed by atoms with Gasteiger partial charge in [-0.1, -0.05) is 15.9 Å². The minimum atomic E-state index is -2.93. The highest BCUT2D eigenvalue weighted by atomic mass is 79.9. The van der Waals surface area contributed by atoms with Crippen LogP contribution >= 0.6 is 15.9 Å². The number of carboxylic acids is 1. The summed E-state index contributed by atoms with van der Waals surface area (Å²) in [5.41, 5.74) is -1.39. The molecule has 1 rings (SSSR count). The van der Waals surface area contributed by atoms with Crippen LogP contribution in [0, 0.1) is 11.3 Å². The number of aromatic nitrogens is 1. The predicted octanol–water partition coefficient (Wildman–Crippen LogP) is 2.48. The third-order valence-corrected chi connectivity index (χ3v) is 2.36. The molecule has 0 amide bonds. The van der Waals surface area contributed by atoms with E-state index in [1.165, 1.54) is 6.07 Å². The van der Waals surface area contributed by atoms with E-state index in [9.17, 15) is 13.6 Å². The van der Waals surface area contributed by atoms with Crippen molar-refractivity contribution in [3.8, 4) is 6.07 Å². The molecule has 84 valence electrons. The SMILES string of the molecule is N#Cc1nc(CBr)c(C(=O)O)cc1C(F)F. The fourth-order valence-electron chi connectivity index (χ4n) is 1.11. The normalized spacial score (nSPS) is 10.2. The van der Waals surface area contributed by atoms with Crippen molar-refractivity contribution in [3.63, 3.8) is 0 Å². The van der Waals surface area contributed by atoms with Crippen LogP contribution in [-0.2, 0) is 5.33 Å². The molecule has 1 N–H and O–H groups in total. The van der Waals surface area contributed by atoms with Crippen LogP contribution in [0.5, 0.6) is 0 Å². The summed E-state index contributed by atoms with van der Waals surface area (Å²) >= 11 is 2.98. The van der Waals surface area contributed by atoms with Crippen molar-refractivity contribution < 1.29 is 18.7 Å². The Morgan fingerprint density at radius 1 is 1.69 bits per heavy atom. The summed E-state index contributed by atoms with van der Waals surface area (Å²) < 4.78 is 25.0. The van der Waals surface area contributed by atoms with Crippen molar-refractivity contribution in [2.75, 3.05) is 0 Å². The Balaban J connectivity index is 3.48. The lowest BCUT2D eigenvalue weighted by Gasteiger charge is -2.07. The van der Waals surface area contributed by atoms with Crippen LogP contribution < -0.4 is 0 Å². The Morgan fingerprint density at radius 2 is 2.31 bits per heavy atom. The molecular formula is C9H5BrF2N2O2. The minimum Gasteiger partial charge on any atom is -0.478 e. The Bertz CT molecular complexity index is 471. The standard InChI is InChI=1S/C9H5BrF2N2O2/c10-2-6-5(9(15)16)1-4(8(11)12)7(3-13)14-6/h1,8H,2H2,(H,15,16). The van der Waals surface area contributed by atoms with Crippen LogP contribution in [0.25, 0.3) is 0 Å². The van der Waals surface area contributed by atoms with E-state index in [0.717, 1.165) is 6.07 Å². The third-order valence-electron chi connectivity index (χ3n) is 1.83. The van der Waals surface area contributed by atoms with Gasteiger partial charge in [0.2, 0.25) is 0 Å². The molecule has 0 aliphatic rings. The molecule has 0 unspecified atom stereocenters. The van der Waals surface area contributed by atoms with Crippen molar-refractivity contribution in [3.05, 3.63) is 28.6 Å². The van der Waals surface area contributed by atoms with Crippen LogP contribution in [0.3, 0.4) is 0 Å². The first-order chi connectivity index (χ1) is 7.51. The Kier molecular flexibility index (Phi) is 3.90. The van der Waals surface area contributed by atoms with E-state index in [0.29, 0.717) is 0 Å². The highest BCUT2D eigenvalue weighted by Gasteiger charge is 2.20. The number of aromatic carboxylic acids is 1. The van der Waals surface area contributed by atoms with Gasteiger partial charge in [0.1, 0.15) is 11.8 Å². The number of rotatable bonds is 3. The molecule has 0 aliphatic heterocycles.